The van der Waals surface area contributed by atoms with Crippen LogP contribution in [0.15, 0.2) is 24.3 Å². The van der Waals surface area contributed by atoms with Crippen molar-refractivity contribution in [3.8, 4) is 0 Å². The second-order valence-corrected chi connectivity index (χ2v) is 5.62. The lowest BCUT2D eigenvalue weighted by atomic mass is 10.1. The van der Waals surface area contributed by atoms with E-state index in [-0.39, 0.29) is 18.4 Å². The maximum absolute atomic E-state index is 11.8. The van der Waals surface area contributed by atoms with Gasteiger partial charge in [0, 0.05) is 19.2 Å². The van der Waals surface area contributed by atoms with Crippen molar-refractivity contribution >= 4 is 17.5 Å². The molecule has 2 N–H and O–H groups in total. The standard InChI is InChI=1S/C18H28N2O3/c1-3-4-5-6-7-8-17(21)19-13-18(22)20-16-11-9-15(10-12-16)14-23-2/h9-12H,3-8,13-14H2,1-2H3,(H,19,21)(H,20,22). The van der Waals surface area contributed by atoms with Crippen LogP contribution in [0.25, 0.3) is 0 Å². The summed E-state index contributed by atoms with van der Waals surface area (Å²) < 4.78 is 5.03. The van der Waals surface area contributed by atoms with E-state index in [1.165, 1.54) is 19.3 Å². The summed E-state index contributed by atoms with van der Waals surface area (Å²) >= 11 is 0. The molecule has 2 amide bonds. The van der Waals surface area contributed by atoms with E-state index >= 15 is 0 Å². The fraction of sp³-hybridized carbons (Fsp3) is 0.556. The summed E-state index contributed by atoms with van der Waals surface area (Å²) in [6.07, 6.45) is 6.02. The second-order valence-electron chi connectivity index (χ2n) is 5.62. The highest BCUT2D eigenvalue weighted by molar-refractivity contribution is 5.94. The number of hydrogen-bond acceptors (Lipinski definition) is 3. The first-order valence-corrected chi connectivity index (χ1v) is 8.30. The number of methoxy groups -OCH3 is 1. The molecule has 0 saturated carbocycles. The Kier molecular flexibility index (Phi) is 9.71. The SMILES string of the molecule is CCCCCCCC(=O)NCC(=O)Nc1ccc(COC)cc1. The molecule has 0 aromatic heterocycles. The van der Waals surface area contributed by atoms with Crippen LogP contribution in [0.2, 0.25) is 0 Å². The third kappa shape index (κ3) is 8.98. The number of unbranched alkanes of at least 4 members (excludes halogenated alkanes) is 4. The molecule has 1 rings (SSSR count). The van der Waals surface area contributed by atoms with Crippen molar-refractivity contribution in [3.05, 3.63) is 29.8 Å². The summed E-state index contributed by atoms with van der Waals surface area (Å²) in [5.74, 6) is -0.282. The van der Waals surface area contributed by atoms with Gasteiger partial charge in [0.2, 0.25) is 11.8 Å². The average molecular weight is 320 g/mol. The first-order chi connectivity index (χ1) is 11.2. The van der Waals surface area contributed by atoms with E-state index < -0.39 is 0 Å². The van der Waals surface area contributed by atoms with Gasteiger partial charge in [0.25, 0.3) is 0 Å². The molecule has 5 heteroatoms. The Morgan fingerprint density at radius 3 is 2.35 bits per heavy atom. The number of rotatable bonds is 11. The Labute approximate surface area is 138 Å². The van der Waals surface area contributed by atoms with Gasteiger partial charge in [-0.15, -0.1) is 0 Å². The predicted octanol–water partition coefficient (Wildman–Crippen LogP) is 3.25. The van der Waals surface area contributed by atoms with Gasteiger partial charge in [-0.1, -0.05) is 44.7 Å². The number of ether oxygens (including phenoxy) is 1. The molecule has 0 saturated heterocycles. The Hall–Kier alpha value is -1.88. The number of nitrogens with one attached hydrogen (secondary N) is 2. The second kappa shape index (κ2) is 11.7. The van der Waals surface area contributed by atoms with Crippen molar-refractivity contribution in [2.24, 2.45) is 0 Å². The van der Waals surface area contributed by atoms with Gasteiger partial charge < -0.3 is 15.4 Å². The summed E-state index contributed by atoms with van der Waals surface area (Å²) in [6, 6.07) is 7.44. The highest BCUT2D eigenvalue weighted by atomic mass is 16.5. The molecule has 1 aromatic carbocycles. The monoisotopic (exact) mass is 320 g/mol. The van der Waals surface area contributed by atoms with Crippen LogP contribution in [0.4, 0.5) is 5.69 Å². The van der Waals surface area contributed by atoms with E-state index in [2.05, 4.69) is 17.6 Å². The summed E-state index contributed by atoms with van der Waals surface area (Å²) in [6.45, 7) is 2.71. The minimum Gasteiger partial charge on any atom is -0.380 e. The molecule has 0 atom stereocenters. The van der Waals surface area contributed by atoms with Crippen molar-refractivity contribution in [1.82, 2.24) is 5.32 Å². The highest BCUT2D eigenvalue weighted by Gasteiger charge is 2.06. The molecule has 23 heavy (non-hydrogen) atoms. The van der Waals surface area contributed by atoms with Gasteiger partial charge >= 0.3 is 0 Å². The van der Waals surface area contributed by atoms with Gasteiger partial charge in [0.05, 0.1) is 13.2 Å². The van der Waals surface area contributed by atoms with Crippen molar-refractivity contribution in [2.75, 3.05) is 19.0 Å². The molecule has 0 spiro atoms. The predicted molar refractivity (Wildman–Crippen MR) is 92.2 cm³/mol. The fourth-order valence-electron chi connectivity index (χ4n) is 2.21. The zero-order valence-corrected chi connectivity index (χ0v) is 14.2. The van der Waals surface area contributed by atoms with E-state index in [9.17, 15) is 9.59 Å². The van der Waals surface area contributed by atoms with Crippen molar-refractivity contribution in [2.45, 2.75) is 52.1 Å². The Bertz CT molecular complexity index is 472. The fourth-order valence-corrected chi connectivity index (χ4v) is 2.21. The van der Waals surface area contributed by atoms with Gasteiger partial charge in [-0.3, -0.25) is 9.59 Å². The lowest BCUT2D eigenvalue weighted by Gasteiger charge is -2.08. The van der Waals surface area contributed by atoms with Gasteiger partial charge in [-0.2, -0.15) is 0 Å². The molecule has 0 aliphatic heterocycles. The van der Waals surface area contributed by atoms with E-state index in [1.54, 1.807) is 7.11 Å². The third-order valence-corrected chi connectivity index (χ3v) is 3.50. The zero-order chi connectivity index (χ0) is 16.9. The lowest BCUT2D eigenvalue weighted by Crippen LogP contribution is -2.32. The summed E-state index contributed by atoms with van der Waals surface area (Å²) in [4.78, 5) is 23.4. The molecule has 0 bridgehead atoms. The molecule has 0 radical (unpaired) electrons. The molecule has 0 aliphatic carbocycles. The normalized spacial score (nSPS) is 10.3. The minimum absolute atomic E-state index is 0.00756. The molecular formula is C18H28N2O3. The Balaban J connectivity index is 2.19. The number of benzene rings is 1. The zero-order valence-electron chi connectivity index (χ0n) is 14.2. The maximum atomic E-state index is 11.8. The van der Waals surface area contributed by atoms with E-state index in [4.69, 9.17) is 4.74 Å². The first-order valence-electron chi connectivity index (χ1n) is 8.30. The molecule has 128 valence electrons. The molecule has 0 aliphatic rings. The summed E-state index contributed by atoms with van der Waals surface area (Å²) in [5, 5.41) is 5.41. The van der Waals surface area contributed by atoms with Crippen LogP contribution >= 0.6 is 0 Å². The minimum atomic E-state index is -0.219. The maximum Gasteiger partial charge on any atom is 0.243 e. The number of carbonyl (C=O) groups excluding carboxylic acids is 2. The molecular weight excluding hydrogens is 292 g/mol. The van der Waals surface area contributed by atoms with Crippen LogP contribution in [-0.2, 0) is 20.9 Å². The lowest BCUT2D eigenvalue weighted by molar-refractivity contribution is -0.124. The third-order valence-electron chi connectivity index (χ3n) is 3.50. The van der Waals surface area contributed by atoms with Crippen LogP contribution in [-0.4, -0.2) is 25.5 Å². The van der Waals surface area contributed by atoms with Crippen molar-refractivity contribution < 1.29 is 14.3 Å². The number of anilines is 1. The van der Waals surface area contributed by atoms with Crippen molar-refractivity contribution in [1.29, 1.82) is 0 Å². The Morgan fingerprint density at radius 1 is 1.00 bits per heavy atom. The van der Waals surface area contributed by atoms with Crippen LogP contribution in [0.1, 0.15) is 51.0 Å². The molecule has 0 fully saturated rings. The van der Waals surface area contributed by atoms with E-state index in [0.29, 0.717) is 18.7 Å². The van der Waals surface area contributed by atoms with Crippen LogP contribution < -0.4 is 10.6 Å². The van der Waals surface area contributed by atoms with E-state index in [1.807, 2.05) is 24.3 Å². The largest absolute Gasteiger partial charge is 0.380 e. The highest BCUT2D eigenvalue weighted by Crippen LogP contribution is 2.10. The molecule has 0 unspecified atom stereocenters. The smallest absolute Gasteiger partial charge is 0.243 e. The van der Waals surface area contributed by atoms with Gasteiger partial charge in [0.15, 0.2) is 0 Å². The quantitative estimate of drug-likeness (QED) is 0.615. The van der Waals surface area contributed by atoms with Crippen LogP contribution in [0.5, 0.6) is 0 Å². The number of hydrogen-bond donors (Lipinski definition) is 2. The summed E-state index contributed by atoms with van der Waals surface area (Å²) in [5.41, 5.74) is 1.76. The van der Waals surface area contributed by atoms with Crippen LogP contribution in [0, 0.1) is 0 Å². The number of amides is 2. The molecule has 5 nitrogen and oxygen atoms in total. The number of carbonyl (C=O) groups is 2. The van der Waals surface area contributed by atoms with Crippen LogP contribution in [0.3, 0.4) is 0 Å². The van der Waals surface area contributed by atoms with Crippen molar-refractivity contribution in [3.63, 3.8) is 0 Å². The Morgan fingerprint density at radius 2 is 1.70 bits per heavy atom. The van der Waals surface area contributed by atoms with Gasteiger partial charge in [-0.05, 0) is 24.1 Å². The molecule has 1 aromatic rings. The van der Waals surface area contributed by atoms with E-state index in [0.717, 1.165) is 18.4 Å². The first kappa shape index (κ1) is 19.2. The topological polar surface area (TPSA) is 67.4 Å². The summed E-state index contributed by atoms with van der Waals surface area (Å²) in [7, 11) is 1.64. The van der Waals surface area contributed by atoms with Gasteiger partial charge in [-0.25, -0.2) is 0 Å². The van der Waals surface area contributed by atoms with Gasteiger partial charge in [0.1, 0.15) is 0 Å². The molecule has 0 heterocycles. The average Bonchev–Trinajstić information content (AvgIpc) is 2.55.